The summed E-state index contributed by atoms with van der Waals surface area (Å²) in [7, 11) is 1.61. The third-order valence-electron chi connectivity index (χ3n) is 5.81. The summed E-state index contributed by atoms with van der Waals surface area (Å²) < 4.78 is 12.4. The zero-order chi connectivity index (χ0) is 22.1. The van der Waals surface area contributed by atoms with Gasteiger partial charge >= 0.3 is 0 Å². The highest BCUT2D eigenvalue weighted by Gasteiger charge is 2.26. The van der Waals surface area contributed by atoms with Crippen LogP contribution < -0.4 is 14.4 Å². The predicted octanol–water partition coefficient (Wildman–Crippen LogP) is 4.82. The van der Waals surface area contributed by atoms with Crippen molar-refractivity contribution in [3.8, 4) is 11.5 Å². The van der Waals surface area contributed by atoms with Gasteiger partial charge in [-0.05, 0) is 42.0 Å². The van der Waals surface area contributed by atoms with Crippen LogP contribution in [0.5, 0.6) is 11.5 Å². The smallest absolute Gasteiger partial charge is 0.257 e. The molecule has 2 heterocycles. The van der Waals surface area contributed by atoms with Crippen LogP contribution in [0.1, 0.15) is 17.3 Å². The van der Waals surface area contributed by atoms with E-state index in [-0.39, 0.29) is 5.91 Å². The molecule has 1 aromatic heterocycles. The standard InChI is InChI=1S/C25H25N3O3S/c1-3-31-20-9-6-10-22-23(20)26-25(32-22)28-13-11-27(12-14-28)24(29)19-15-17-7-4-5-8-18(17)16-21(19)30-2/h4-10,15-16H,3,11-14H2,1-2H3. The molecule has 32 heavy (non-hydrogen) atoms. The molecule has 4 aromatic rings. The van der Waals surface area contributed by atoms with E-state index in [0.29, 0.717) is 31.0 Å². The minimum atomic E-state index is 0.00943. The topological polar surface area (TPSA) is 54.9 Å². The van der Waals surface area contributed by atoms with Gasteiger partial charge in [0, 0.05) is 26.2 Å². The summed E-state index contributed by atoms with van der Waals surface area (Å²) in [5, 5.41) is 3.07. The van der Waals surface area contributed by atoms with Crippen molar-refractivity contribution in [2.75, 3.05) is 44.8 Å². The van der Waals surface area contributed by atoms with Crippen molar-refractivity contribution >= 4 is 43.4 Å². The van der Waals surface area contributed by atoms with Crippen LogP contribution in [-0.2, 0) is 0 Å². The highest BCUT2D eigenvalue weighted by Crippen LogP contribution is 2.35. The number of carbonyl (C=O) groups excluding carboxylic acids is 1. The molecule has 0 spiro atoms. The molecule has 0 radical (unpaired) electrons. The Bertz CT molecular complexity index is 1280. The maximum atomic E-state index is 13.3. The molecule has 1 aliphatic rings. The molecule has 3 aromatic carbocycles. The number of ether oxygens (including phenoxy) is 2. The van der Waals surface area contributed by atoms with Crippen molar-refractivity contribution in [2.24, 2.45) is 0 Å². The zero-order valence-electron chi connectivity index (χ0n) is 18.2. The summed E-state index contributed by atoms with van der Waals surface area (Å²) >= 11 is 1.67. The molecule has 0 unspecified atom stereocenters. The Morgan fingerprint density at radius 2 is 1.75 bits per heavy atom. The fourth-order valence-electron chi connectivity index (χ4n) is 4.15. The average Bonchev–Trinajstić information content (AvgIpc) is 3.28. The normalized spacial score (nSPS) is 14.2. The Morgan fingerprint density at radius 1 is 1.00 bits per heavy atom. The number of aromatic nitrogens is 1. The van der Waals surface area contributed by atoms with Crippen LogP contribution >= 0.6 is 11.3 Å². The molecule has 0 bridgehead atoms. The molecule has 0 aliphatic carbocycles. The number of piperazine rings is 1. The third kappa shape index (κ3) is 3.73. The first-order valence-electron chi connectivity index (χ1n) is 10.8. The number of hydrogen-bond acceptors (Lipinski definition) is 6. The van der Waals surface area contributed by atoms with E-state index < -0.39 is 0 Å². The molecule has 1 fully saturated rings. The molecule has 5 rings (SSSR count). The van der Waals surface area contributed by atoms with E-state index in [4.69, 9.17) is 14.5 Å². The van der Waals surface area contributed by atoms with E-state index in [2.05, 4.69) is 11.0 Å². The largest absolute Gasteiger partial charge is 0.496 e. The molecule has 7 heteroatoms. The Balaban J connectivity index is 1.34. The Hall–Kier alpha value is -3.32. The number of para-hydroxylation sites is 1. The van der Waals surface area contributed by atoms with E-state index in [1.807, 2.05) is 60.4 Å². The zero-order valence-corrected chi connectivity index (χ0v) is 19.0. The molecule has 1 saturated heterocycles. The summed E-state index contributed by atoms with van der Waals surface area (Å²) in [5.41, 5.74) is 1.52. The second kappa shape index (κ2) is 8.67. The lowest BCUT2D eigenvalue weighted by Gasteiger charge is -2.34. The Labute approximate surface area is 191 Å². The van der Waals surface area contributed by atoms with Crippen LogP contribution in [0.2, 0.25) is 0 Å². The van der Waals surface area contributed by atoms with Crippen LogP contribution in [0.25, 0.3) is 21.0 Å². The lowest BCUT2D eigenvalue weighted by Crippen LogP contribution is -2.48. The Morgan fingerprint density at radius 3 is 2.47 bits per heavy atom. The van der Waals surface area contributed by atoms with Gasteiger partial charge in [0.2, 0.25) is 0 Å². The highest BCUT2D eigenvalue weighted by atomic mass is 32.1. The van der Waals surface area contributed by atoms with Gasteiger partial charge in [-0.25, -0.2) is 4.98 Å². The van der Waals surface area contributed by atoms with Gasteiger partial charge < -0.3 is 19.3 Å². The lowest BCUT2D eigenvalue weighted by atomic mass is 10.0. The summed E-state index contributed by atoms with van der Waals surface area (Å²) in [6, 6.07) is 17.9. The molecule has 6 nitrogen and oxygen atoms in total. The molecule has 164 valence electrons. The first kappa shape index (κ1) is 20.6. The van der Waals surface area contributed by atoms with Gasteiger partial charge in [0.05, 0.1) is 24.0 Å². The molecular formula is C25H25N3O3S. The van der Waals surface area contributed by atoms with Gasteiger partial charge in [-0.2, -0.15) is 0 Å². The van der Waals surface area contributed by atoms with E-state index >= 15 is 0 Å². The van der Waals surface area contributed by atoms with Crippen molar-refractivity contribution in [3.63, 3.8) is 0 Å². The third-order valence-corrected chi connectivity index (χ3v) is 6.89. The van der Waals surface area contributed by atoms with Crippen molar-refractivity contribution in [1.82, 2.24) is 9.88 Å². The van der Waals surface area contributed by atoms with E-state index in [0.717, 1.165) is 45.0 Å². The minimum absolute atomic E-state index is 0.00943. The first-order chi connectivity index (χ1) is 15.7. The molecular weight excluding hydrogens is 422 g/mol. The van der Waals surface area contributed by atoms with Crippen molar-refractivity contribution in [2.45, 2.75) is 6.92 Å². The maximum absolute atomic E-state index is 13.3. The summed E-state index contributed by atoms with van der Waals surface area (Å²) in [6.07, 6.45) is 0. The van der Waals surface area contributed by atoms with Crippen LogP contribution in [0, 0.1) is 0 Å². The van der Waals surface area contributed by atoms with Gasteiger partial charge in [0.25, 0.3) is 5.91 Å². The number of hydrogen-bond donors (Lipinski definition) is 0. The first-order valence-corrected chi connectivity index (χ1v) is 11.6. The number of nitrogens with zero attached hydrogens (tertiary/aromatic N) is 3. The SMILES string of the molecule is CCOc1cccc2sc(N3CCN(C(=O)c4cc5ccccc5cc4OC)CC3)nc12. The highest BCUT2D eigenvalue weighted by molar-refractivity contribution is 7.22. The summed E-state index contributed by atoms with van der Waals surface area (Å²) in [6.45, 7) is 5.36. The Kier molecular flexibility index (Phi) is 5.57. The number of methoxy groups -OCH3 is 1. The second-order valence-corrected chi connectivity index (χ2v) is 8.72. The monoisotopic (exact) mass is 447 g/mol. The van der Waals surface area contributed by atoms with E-state index in [1.165, 1.54) is 0 Å². The molecule has 1 aliphatic heterocycles. The van der Waals surface area contributed by atoms with Crippen molar-refractivity contribution in [1.29, 1.82) is 0 Å². The van der Waals surface area contributed by atoms with Gasteiger partial charge in [0.15, 0.2) is 5.13 Å². The van der Waals surface area contributed by atoms with Crippen LogP contribution in [0.3, 0.4) is 0 Å². The number of benzene rings is 3. The summed E-state index contributed by atoms with van der Waals surface area (Å²) in [5.74, 6) is 1.45. The van der Waals surface area contributed by atoms with Gasteiger partial charge in [-0.3, -0.25) is 4.79 Å². The number of fused-ring (bicyclic) bond motifs is 2. The maximum Gasteiger partial charge on any atom is 0.257 e. The fraction of sp³-hybridized carbons (Fsp3) is 0.280. The van der Waals surface area contributed by atoms with Gasteiger partial charge in [-0.15, -0.1) is 0 Å². The second-order valence-electron chi connectivity index (χ2n) is 7.71. The number of carbonyl (C=O) groups is 1. The van der Waals surface area contributed by atoms with Gasteiger partial charge in [-0.1, -0.05) is 41.7 Å². The number of anilines is 1. The minimum Gasteiger partial charge on any atom is -0.496 e. The lowest BCUT2D eigenvalue weighted by molar-refractivity contribution is 0.0743. The van der Waals surface area contributed by atoms with Crippen molar-refractivity contribution in [3.05, 3.63) is 60.2 Å². The van der Waals surface area contributed by atoms with E-state index in [9.17, 15) is 4.79 Å². The molecule has 0 atom stereocenters. The van der Waals surface area contributed by atoms with Gasteiger partial charge in [0.1, 0.15) is 17.0 Å². The van der Waals surface area contributed by atoms with Crippen LogP contribution in [-0.4, -0.2) is 55.7 Å². The fourth-order valence-corrected chi connectivity index (χ4v) is 5.18. The average molecular weight is 448 g/mol. The number of rotatable bonds is 5. The summed E-state index contributed by atoms with van der Waals surface area (Å²) in [4.78, 5) is 22.3. The van der Waals surface area contributed by atoms with E-state index in [1.54, 1.807) is 18.4 Å². The quantitative estimate of drug-likeness (QED) is 0.439. The predicted molar refractivity (Wildman–Crippen MR) is 129 cm³/mol. The number of amides is 1. The molecule has 0 N–H and O–H groups in total. The van der Waals surface area contributed by atoms with Crippen LogP contribution in [0.15, 0.2) is 54.6 Å². The van der Waals surface area contributed by atoms with Crippen LogP contribution in [0.4, 0.5) is 5.13 Å². The van der Waals surface area contributed by atoms with Crippen molar-refractivity contribution < 1.29 is 14.3 Å². The molecule has 1 amide bonds. The molecule has 0 saturated carbocycles. The number of thiazole rings is 1.